The number of nitrogens with one attached hydrogen (secondary N) is 1. The van der Waals surface area contributed by atoms with Crippen LogP contribution in [-0.2, 0) is 4.79 Å². The molecule has 2 aromatic rings. The average molecular weight is 310 g/mol. The van der Waals surface area contributed by atoms with Gasteiger partial charge in [0.15, 0.2) is 0 Å². The van der Waals surface area contributed by atoms with Crippen molar-refractivity contribution in [1.29, 1.82) is 0 Å². The summed E-state index contributed by atoms with van der Waals surface area (Å²) in [4.78, 5) is 12.5. The lowest BCUT2D eigenvalue weighted by atomic mass is 9.77. The molecular weight excluding hydrogens is 288 g/mol. The fourth-order valence-corrected chi connectivity index (χ4v) is 4.27. The summed E-state index contributed by atoms with van der Waals surface area (Å²) < 4.78 is 5.30. The van der Waals surface area contributed by atoms with Gasteiger partial charge in [-0.05, 0) is 55.9 Å². The number of nitrogens with zero attached hydrogens (tertiary/aromatic N) is 1. The summed E-state index contributed by atoms with van der Waals surface area (Å²) >= 11 is 0. The third kappa shape index (κ3) is 2.37. The van der Waals surface area contributed by atoms with Crippen molar-refractivity contribution in [3.8, 4) is 11.1 Å². The van der Waals surface area contributed by atoms with Gasteiger partial charge in [0.05, 0.1) is 11.6 Å². The summed E-state index contributed by atoms with van der Waals surface area (Å²) in [6, 6.07) is 6.24. The molecule has 0 radical (unpaired) electrons. The molecule has 0 saturated heterocycles. The first-order valence-corrected chi connectivity index (χ1v) is 8.53. The van der Waals surface area contributed by atoms with Crippen LogP contribution < -0.4 is 5.32 Å². The van der Waals surface area contributed by atoms with Gasteiger partial charge in [-0.1, -0.05) is 30.5 Å². The van der Waals surface area contributed by atoms with Crippen molar-refractivity contribution in [3.05, 3.63) is 35.2 Å². The highest BCUT2D eigenvalue weighted by Crippen LogP contribution is 2.44. The monoisotopic (exact) mass is 310 g/mol. The lowest BCUT2D eigenvalue weighted by Crippen LogP contribution is -2.22. The minimum Gasteiger partial charge on any atom is -0.361 e. The Labute approximate surface area is 136 Å². The number of carbonyl (C=O) groups excluding carboxylic acids is 1. The number of aryl methyl sites for hydroxylation is 2. The summed E-state index contributed by atoms with van der Waals surface area (Å²) in [5.74, 6) is 1.48. The number of hydrogen-bond donors (Lipinski definition) is 1. The number of amides is 1. The molecule has 1 aromatic carbocycles. The van der Waals surface area contributed by atoms with Gasteiger partial charge in [-0.25, -0.2) is 0 Å². The third-order valence-electron chi connectivity index (χ3n) is 5.37. The highest BCUT2D eigenvalue weighted by Gasteiger charge is 2.37. The van der Waals surface area contributed by atoms with Gasteiger partial charge in [0, 0.05) is 11.3 Å². The summed E-state index contributed by atoms with van der Waals surface area (Å²) in [7, 11) is 0. The second-order valence-electron chi connectivity index (χ2n) is 6.87. The summed E-state index contributed by atoms with van der Waals surface area (Å²) in [5, 5.41) is 7.12. The van der Waals surface area contributed by atoms with Gasteiger partial charge in [0.2, 0.25) is 5.91 Å². The van der Waals surface area contributed by atoms with Gasteiger partial charge in [-0.15, -0.1) is 0 Å². The van der Waals surface area contributed by atoms with E-state index in [0.717, 1.165) is 46.7 Å². The minimum absolute atomic E-state index is 0.00530. The highest BCUT2D eigenvalue weighted by atomic mass is 16.5. The standard InChI is InChI=1S/C19H22N2O2/c1-11-17(12(2)23-21-11)14-8-9-16-15(10-14)18(19(22)20-16)13-6-4-3-5-7-13/h8-10,13,18H,3-7H2,1-2H3,(H,20,22). The normalized spacial score (nSPS) is 21.3. The lowest BCUT2D eigenvalue weighted by Gasteiger charge is -2.26. The zero-order valence-electron chi connectivity index (χ0n) is 13.7. The number of benzene rings is 1. The maximum atomic E-state index is 12.5. The molecule has 0 spiro atoms. The van der Waals surface area contributed by atoms with Crippen molar-refractivity contribution in [2.45, 2.75) is 51.9 Å². The number of carbonyl (C=O) groups is 1. The van der Waals surface area contributed by atoms with E-state index in [0.29, 0.717) is 5.92 Å². The van der Waals surface area contributed by atoms with Crippen LogP contribution in [0.25, 0.3) is 11.1 Å². The number of hydrogen-bond acceptors (Lipinski definition) is 3. The Kier molecular flexibility index (Phi) is 3.47. The molecule has 2 heterocycles. The van der Waals surface area contributed by atoms with Crippen LogP contribution in [0.2, 0.25) is 0 Å². The van der Waals surface area contributed by atoms with E-state index < -0.39 is 0 Å². The Morgan fingerprint density at radius 1 is 1.17 bits per heavy atom. The van der Waals surface area contributed by atoms with Crippen molar-refractivity contribution < 1.29 is 9.32 Å². The third-order valence-corrected chi connectivity index (χ3v) is 5.37. The Bertz CT molecular complexity index is 737. The van der Waals surface area contributed by atoms with Gasteiger partial charge in [0.1, 0.15) is 5.76 Å². The Morgan fingerprint density at radius 2 is 1.96 bits per heavy atom. The number of anilines is 1. The Balaban J connectivity index is 1.76. The highest BCUT2D eigenvalue weighted by molar-refractivity contribution is 6.03. The molecule has 1 fully saturated rings. The predicted octanol–water partition coefficient (Wildman–Crippen LogP) is 4.57. The molecule has 23 heavy (non-hydrogen) atoms. The van der Waals surface area contributed by atoms with Crippen molar-refractivity contribution >= 4 is 11.6 Å². The number of fused-ring (bicyclic) bond motifs is 1. The second-order valence-corrected chi connectivity index (χ2v) is 6.87. The van der Waals surface area contributed by atoms with Crippen LogP contribution in [0.15, 0.2) is 22.7 Å². The minimum atomic E-state index is 0.00530. The van der Waals surface area contributed by atoms with Crippen LogP contribution in [0.1, 0.15) is 55.0 Å². The molecule has 0 bridgehead atoms. The van der Waals surface area contributed by atoms with Crippen LogP contribution in [0.3, 0.4) is 0 Å². The topological polar surface area (TPSA) is 55.1 Å². The maximum Gasteiger partial charge on any atom is 0.232 e. The molecule has 1 N–H and O–H groups in total. The molecule has 1 aromatic heterocycles. The van der Waals surface area contributed by atoms with Crippen molar-refractivity contribution in [3.63, 3.8) is 0 Å². The molecule has 4 rings (SSSR count). The van der Waals surface area contributed by atoms with Crippen LogP contribution in [0.5, 0.6) is 0 Å². The van der Waals surface area contributed by atoms with Crippen molar-refractivity contribution in [2.75, 3.05) is 5.32 Å². The molecule has 1 atom stereocenters. The molecule has 2 aliphatic rings. The largest absolute Gasteiger partial charge is 0.361 e. The maximum absolute atomic E-state index is 12.5. The van der Waals surface area contributed by atoms with E-state index in [1.165, 1.54) is 19.3 Å². The summed E-state index contributed by atoms with van der Waals surface area (Å²) in [5.41, 5.74) is 5.17. The first-order chi connectivity index (χ1) is 11.1. The zero-order valence-corrected chi connectivity index (χ0v) is 13.7. The molecule has 4 nitrogen and oxygen atoms in total. The van der Waals surface area contributed by atoms with Crippen LogP contribution >= 0.6 is 0 Å². The lowest BCUT2D eigenvalue weighted by molar-refractivity contribution is -0.118. The van der Waals surface area contributed by atoms with Crippen LogP contribution in [0, 0.1) is 19.8 Å². The Hall–Kier alpha value is -2.10. The van der Waals surface area contributed by atoms with Crippen LogP contribution in [0.4, 0.5) is 5.69 Å². The van der Waals surface area contributed by atoms with Gasteiger partial charge in [0.25, 0.3) is 0 Å². The van der Waals surface area contributed by atoms with Crippen LogP contribution in [-0.4, -0.2) is 11.1 Å². The molecular formula is C19H22N2O2. The molecule has 1 unspecified atom stereocenters. The zero-order chi connectivity index (χ0) is 16.0. The predicted molar refractivity (Wildman–Crippen MR) is 89.4 cm³/mol. The van der Waals surface area contributed by atoms with E-state index in [1.54, 1.807) is 0 Å². The van der Waals surface area contributed by atoms with E-state index >= 15 is 0 Å². The quantitative estimate of drug-likeness (QED) is 0.883. The molecule has 1 aliphatic heterocycles. The first kappa shape index (κ1) is 14.5. The molecule has 1 saturated carbocycles. The average Bonchev–Trinajstić information content (AvgIpc) is 3.06. The molecule has 120 valence electrons. The number of aromatic nitrogens is 1. The number of rotatable bonds is 2. The van der Waals surface area contributed by atoms with Crippen molar-refractivity contribution in [1.82, 2.24) is 5.16 Å². The second kappa shape index (κ2) is 5.52. The van der Waals surface area contributed by atoms with Gasteiger partial charge >= 0.3 is 0 Å². The van der Waals surface area contributed by atoms with Crippen molar-refractivity contribution in [2.24, 2.45) is 5.92 Å². The molecule has 1 amide bonds. The van der Waals surface area contributed by atoms with Gasteiger partial charge in [-0.2, -0.15) is 0 Å². The SMILES string of the molecule is Cc1noc(C)c1-c1ccc2c(c1)C(C1CCCCC1)C(=O)N2. The molecule has 4 heteroatoms. The van der Waals surface area contributed by atoms with Gasteiger partial charge in [-0.3, -0.25) is 4.79 Å². The fraction of sp³-hybridized carbons (Fsp3) is 0.474. The van der Waals surface area contributed by atoms with Gasteiger partial charge < -0.3 is 9.84 Å². The molecule has 1 aliphatic carbocycles. The summed E-state index contributed by atoms with van der Waals surface area (Å²) in [6.07, 6.45) is 6.11. The van der Waals surface area contributed by atoms with E-state index in [-0.39, 0.29) is 11.8 Å². The summed E-state index contributed by atoms with van der Waals surface area (Å²) in [6.45, 7) is 3.89. The van der Waals surface area contributed by atoms with E-state index in [9.17, 15) is 4.79 Å². The fourth-order valence-electron chi connectivity index (χ4n) is 4.27. The van der Waals surface area contributed by atoms with E-state index in [2.05, 4.69) is 22.6 Å². The smallest absolute Gasteiger partial charge is 0.232 e. The van der Waals surface area contributed by atoms with E-state index in [4.69, 9.17) is 4.52 Å². The Morgan fingerprint density at radius 3 is 2.65 bits per heavy atom. The van der Waals surface area contributed by atoms with E-state index in [1.807, 2.05) is 19.9 Å². The first-order valence-electron chi connectivity index (χ1n) is 8.53.